The number of hydrogen-bond acceptors (Lipinski definition) is 0. The summed E-state index contributed by atoms with van der Waals surface area (Å²) < 4.78 is 0. The smallest absolute Gasteiger partial charge is 0.00130 e. The molecule has 0 aliphatic heterocycles. The molecule has 0 unspecified atom stereocenters. The molecule has 0 nitrogen and oxygen atoms in total. The molecule has 0 aromatic heterocycles. The highest BCUT2D eigenvalue weighted by Gasteiger charge is 2.21. The minimum absolute atomic E-state index is 0.992. The van der Waals surface area contributed by atoms with Gasteiger partial charge in [-0.05, 0) is 132 Å². The van der Waals surface area contributed by atoms with Crippen LogP contribution in [0.15, 0.2) is 109 Å². The van der Waals surface area contributed by atoms with Gasteiger partial charge in [-0.15, -0.1) is 0 Å². The van der Waals surface area contributed by atoms with Crippen LogP contribution in [-0.4, -0.2) is 0 Å². The first-order valence-corrected chi connectivity index (χ1v) is 16.3. The Balaban J connectivity index is 1.05. The summed E-state index contributed by atoms with van der Waals surface area (Å²) in [5, 5.41) is 0. The lowest BCUT2D eigenvalue weighted by molar-refractivity contribution is 0.954. The maximum Gasteiger partial charge on any atom is -0.00130 e. The Morgan fingerprint density at radius 1 is 0.267 bits per heavy atom. The van der Waals surface area contributed by atoms with Gasteiger partial charge in [-0.25, -0.2) is 0 Å². The highest BCUT2D eigenvalue weighted by molar-refractivity contribution is 5.84. The summed E-state index contributed by atoms with van der Waals surface area (Å²) in [4.78, 5) is 0. The predicted molar refractivity (Wildman–Crippen MR) is 189 cm³/mol. The van der Waals surface area contributed by atoms with Crippen LogP contribution in [0.1, 0.15) is 66.8 Å². The number of benzene rings is 6. The highest BCUT2D eigenvalue weighted by atomic mass is 14.3. The molecule has 6 aromatic rings. The molecule has 12 bridgehead atoms. The van der Waals surface area contributed by atoms with E-state index in [0.29, 0.717) is 0 Å². The molecule has 0 saturated carbocycles. The van der Waals surface area contributed by atoms with Crippen LogP contribution >= 0.6 is 0 Å². The summed E-state index contributed by atoms with van der Waals surface area (Å²) in [6.45, 7) is 0. The lowest BCUT2D eigenvalue weighted by atomic mass is 9.97. The van der Waals surface area contributed by atoms with Crippen LogP contribution in [-0.2, 0) is 32.1 Å². The first-order chi connectivity index (χ1) is 22.2. The topological polar surface area (TPSA) is 0 Å². The van der Waals surface area contributed by atoms with Crippen molar-refractivity contribution in [3.63, 3.8) is 0 Å². The average Bonchev–Trinajstić information content (AvgIpc) is 3.73. The molecule has 6 aromatic carbocycles. The number of aryl methyl sites for hydroxylation is 2. The zero-order valence-electron chi connectivity index (χ0n) is 25.2. The van der Waals surface area contributed by atoms with Crippen LogP contribution in [0, 0.1) is 0 Å². The van der Waals surface area contributed by atoms with Crippen LogP contribution < -0.4 is 0 Å². The van der Waals surface area contributed by atoms with Crippen molar-refractivity contribution in [2.24, 2.45) is 0 Å². The Labute approximate surface area is 265 Å². The van der Waals surface area contributed by atoms with Gasteiger partial charge in [-0.2, -0.15) is 0 Å². The standard InChI is InChI=1S/C45H32/c1-2-29-8-14-41-35(20-29)26-37-22-31(10-16-43(37)41)5-6-33-12-18-45-39(24-33)27-38-23-32(11-17-44(38)45)4-3-30-9-15-42-36(21-30)25-34-19-28(1)7-13-40(34)42/h1-4,7-24H,5-6,25-27H2/b2-1-,4-3-. The van der Waals surface area contributed by atoms with Crippen molar-refractivity contribution in [1.82, 2.24) is 0 Å². The fourth-order valence-electron chi connectivity index (χ4n) is 8.22. The SMILES string of the molecule is C1=C\c2ccc3c(c2)Cc2cc(ccc2-3)CCc2ccc3c(c2)Cc2cc(ccc2-3)/C=C\c2ccc3c(c2)Cc2cc/1ccc2-3. The lowest BCUT2D eigenvalue weighted by Gasteiger charge is -2.08. The van der Waals surface area contributed by atoms with E-state index in [0.717, 1.165) is 32.1 Å². The summed E-state index contributed by atoms with van der Waals surface area (Å²) in [5.74, 6) is 0. The Hall–Kier alpha value is -5.20. The van der Waals surface area contributed by atoms with E-state index in [1.54, 1.807) is 0 Å². The van der Waals surface area contributed by atoms with E-state index < -0.39 is 0 Å². The van der Waals surface area contributed by atoms with Crippen LogP contribution in [0.2, 0.25) is 0 Å². The molecule has 0 amide bonds. The number of hydrogen-bond donors (Lipinski definition) is 0. The van der Waals surface area contributed by atoms with Gasteiger partial charge in [0.25, 0.3) is 0 Å². The van der Waals surface area contributed by atoms with Crippen LogP contribution in [0.5, 0.6) is 0 Å². The Bertz CT molecular complexity index is 2130. The van der Waals surface area contributed by atoms with Crippen molar-refractivity contribution in [3.8, 4) is 33.4 Å². The number of fused-ring (bicyclic) bond motifs is 9. The summed E-state index contributed by atoms with van der Waals surface area (Å²) in [7, 11) is 0. The second-order valence-corrected chi connectivity index (χ2v) is 13.3. The fourth-order valence-corrected chi connectivity index (χ4v) is 8.22. The third-order valence-corrected chi connectivity index (χ3v) is 10.5. The van der Waals surface area contributed by atoms with Crippen molar-refractivity contribution >= 4 is 24.3 Å². The normalized spacial score (nSPS) is 15.9. The van der Waals surface area contributed by atoms with Crippen molar-refractivity contribution < 1.29 is 0 Å². The maximum absolute atomic E-state index is 2.46. The van der Waals surface area contributed by atoms with Gasteiger partial charge >= 0.3 is 0 Å². The molecule has 0 atom stereocenters. The third-order valence-electron chi connectivity index (χ3n) is 10.5. The van der Waals surface area contributed by atoms with E-state index in [4.69, 9.17) is 0 Å². The molecule has 4 aliphatic carbocycles. The molecule has 45 heavy (non-hydrogen) atoms. The molecular formula is C45H32. The van der Waals surface area contributed by atoms with Gasteiger partial charge in [0.1, 0.15) is 0 Å². The molecule has 4 aliphatic rings. The molecule has 0 saturated heterocycles. The van der Waals surface area contributed by atoms with Crippen LogP contribution in [0.3, 0.4) is 0 Å². The Kier molecular flexibility index (Phi) is 5.39. The molecule has 0 heteroatoms. The number of rotatable bonds is 0. The maximum atomic E-state index is 2.46. The zero-order chi connectivity index (χ0) is 29.5. The molecule has 10 rings (SSSR count). The van der Waals surface area contributed by atoms with Crippen molar-refractivity contribution in [1.29, 1.82) is 0 Å². The quantitative estimate of drug-likeness (QED) is 0.170. The van der Waals surface area contributed by atoms with Gasteiger partial charge < -0.3 is 0 Å². The summed E-state index contributed by atoms with van der Waals surface area (Å²) in [5.41, 5.74) is 25.0. The van der Waals surface area contributed by atoms with E-state index in [-0.39, 0.29) is 0 Å². The molecule has 0 fully saturated rings. The van der Waals surface area contributed by atoms with Crippen molar-refractivity contribution in [3.05, 3.63) is 176 Å². The Morgan fingerprint density at radius 3 is 0.844 bits per heavy atom. The Morgan fingerprint density at radius 2 is 0.533 bits per heavy atom. The first kappa shape index (κ1) is 25.2. The summed E-state index contributed by atoms with van der Waals surface area (Å²) in [6, 6.07) is 42.2. The van der Waals surface area contributed by atoms with E-state index in [1.165, 1.54) is 100 Å². The molecule has 0 spiro atoms. The minimum atomic E-state index is 0.992. The van der Waals surface area contributed by atoms with Crippen molar-refractivity contribution in [2.45, 2.75) is 32.1 Å². The van der Waals surface area contributed by atoms with E-state index in [2.05, 4.69) is 133 Å². The first-order valence-electron chi connectivity index (χ1n) is 16.3. The van der Waals surface area contributed by atoms with Gasteiger partial charge in [0, 0.05) is 0 Å². The zero-order valence-corrected chi connectivity index (χ0v) is 25.2. The minimum Gasteiger partial charge on any atom is -0.0584 e. The second-order valence-electron chi connectivity index (χ2n) is 13.3. The van der Waals surface area contributed by atoms with Crippen LogP contribution in [0.4, 0.5) is 0 Å². The molecular weight excluding hydrogens is 540 g/mol. The monoisotopic (exact) mass is 572 g/mol. The van der Waals surface area contributed by atoms with Gasteiger partial charge in [0.15, 0.2) is 0 Å². The van der Waals surface area contributed by atoms with E-state index in [1.807, 2.05) is 0 Å². The lowest BCUT2D eigenvalue weighted by Crippen LogP contribution is -1.94. The van der Waals surface area contributed by atoms with Crippen LogP contribution in [0.25, 0.3) is 57.7 Å². The molecule has 212 valence electrons. The van der Waals surface area contributed by atoms with Gasteiger partial charge in [-0.3, -0.25) is 0 Å². The highest BCUT2D eigenvalue weighted by Crippen LogP contribution is 2.41. The summed E-state index contributed by atoms with van der Waals surface area (Å²) >= 11 is 0. The molecule has 0 N–H and O–H groups in total. The van der Waals surface area contributed by atoms with E-state index in [9.17, 15) is 0 Å². The molecule has 0 heterocycles. The second kappa shape index (κ2) is 9.65. The van der Waals surface area contributed by atoms with Gasteiger partial charge in [-0.1, -0.05) is 133 Å². The van der Waals surface area contributed by atoms with Gasteiger partial charge in [0.2, 0.25) is 0 Å². The largest absolute Gasteiger partial charge is 0.0584 e. The predicted octanol–water partition coefficient (Wildman–Crippen LogP) is 10.8. The average molecular weight is 573 g/mol. The fraction of sp³-hybridized carbons (Fsp3) is 0.111. The van der Waals surface area contributed by atoms with Gasteiger partial charge in [0.05, 0.1) is 0 Å². The van der Waals surface area contributed by atoms with E-state index >= 15 is 0 Å². The van der Waals surface area contributed by atoms with Crippen molar-refractivity contribution in [2.75, 3.05) is 0 Å². The molecule has 0 radical (unpaired) electrons. The summed E-state index contributed by atoms with van der Waals surface area (Å²) in [6.07, 6.45) is 14.3. The third kappa shape index (κ3) is 4.20.